The zero-order chi connectivity index (χ0) is 13.9. The summed E-state index contributed by atoms with van der Waals surface area (Å²) in [7, 11) is -2.04. The van der Waals surface area contributed by atoms with Gasteiger partial charge in [0.1, 0.15) is 5.75 Å². The number of phenols is 1. The minimum absolute atomic E-state index is 0.0377. The molecule has 0 spiro atoms. The van der Waals surface area contributed by atoms with E-state index in [0.29, 0.717) is 0 Å². The van der Waals surface area contributed by atoms with E-state index in [1.807, 2.05) is 0 Å². The first-order valence-corrected chi connectivity index (χ1v) is 7.08. The minimum Gasteiger partial charge on any atom is -0.508 e. The van der Waals surface area contributed by atoms with Gasteiger partial charge in [-0.1, -0.05) is 0 Å². The van der Waals surface area contributed by atoms with Crippen molar-refractivity contribution in [2.45, 2.75) is 11.4 Å². The van der Waals surface area contributed by atoms with E-state index in [9.17, 15) is 13.5 Å². The highest BCUT2D eigenvalue weighted by Crippen LogP contribution is 2.19. The molecule has 0 atom stereocenters. The Morgan fingerprint density at radius 2 is 1.68 bits per heavy atom. The number of hydrogen-bond acceptors (Lipinski definition) is 4. The van der Waals surface area contributed by atoms with Gasteiger partial charge in [0.05, 0.1) is 4.90 Å². The highest BCUT2D eigenvalue weighted by atomic mass is 32.2. The molecular weight excluding hydrogens is 264 g/mol. The molecule has 0 aliphatic carbocycles. The smallest absolute Gasteiger partial charge is 0.243 e. The summed E-state index contributed by atoms with van der Waals surface area (Å²) in [6, 6.07) is 9.01. The van der Waals surface area contributed by atoms with Crippen molar-refractivity contribution in [3.8, 4) is 5.75 Å². The third-order valence-electron chi connectivity index (χ3n) is 2.70. The van der Waals surface area contributed by atoms with Gasteiger partial charge in [0.15, 0.2) is 0 Å². The molecule has 1 aromatic carbocycles. The molecule has 19 heavy (non-hydrogen) atoms. The molecule has 0 aliphatic heterocycles. The second-order valence-electron chi connectivity index (χ2n) is 4.11. The Hall–Kier alpha value is -1.92. The molecule has 0 amide bonds. The van der Waals surface area contributed by atoms with Crippen molar-refractivity contribution < 1.29 is 13.5 Å². The molecular formula is C13H14N2O3S. The van der Waals surface area contributed by atoms with E-state index >= 15 is 0 Å². The highest BCUT2D eigenvalue weighted by Gasteiger charge is 2.20. The second kappa shape index (κ2) is 5.38. The summed E-state index contributed by atoms with van der Waals surface area (Å²) in [5.41, 5.74) is 0.861. The van der Waals surface area contributed by atoms with E-state index in [2.05, 4.69) is 4.98 Å². The minimum atomic E-state index is -3.55. The third kappa shape index (κ3) is 3.10. The van der Waals surface area contributed by atoms with Crippen molar-refractivity contribution in [3.05, 3.63) is 54.4 Å². The molecule has 2 aromatic rings. The van der Waals surface area contributed by atoms with E-state index in [-0.39, 0.29) is 17.2 Å². The molecule has 6 heteroatoms. The first-order valence-electron chi connectivity index (χ1n) is 5.64. The molecule has 1 heterocycles. The van der Waals surface area contributed by atoms with Crippen LogP contribution in [0.3, 0.4) is 0 Å². The van der Waals surface area contributed by atoms with Crippen molar-refractivity contribution >= 4 is 10.0 Å². The Morgan fingerprint density at radius 1 is 1.11 bits per heavy atom. The van der Waals surface area contributed by atoms with Crippen LogP contribution in [0.15, 0.2) is 53.7 Å². The molecule has 1 aromatic heterocycles. The normalized spacial score (nSPS) is 11.7. The van der Waals surface area contributed by atoms with Gasteiger partial charge in [-0.2, -0.15) is 4.31 Å². The molecule has 0 saturated carbocycles. The molecule has 0 saturated heterocycles. The van der Waals surface area contributed by atoms with Crippen LogP contribution < -0.4 is 0 Å². The van der Waals surface area contributed by atoms with Gasteiger partial charge in [-0.05, 0) is 42.0 Å². The van der Waals surface area contributed by atoms with Gasteiger partial charge < -0.3 is 5.11 Å². The van der Waals surface area contributed by atoms with Crippen molar-refractivity contribution in [1.29, 1.82) is 0 Å². The summed E-state index contributed by atoms with van der Waals surface area (Å²) in [5.74, 6) is 0.0377. The topological polar surface area (TPSA) is 70.5 Å². The second-order valence-corrected chi connectivity index (χ2v) is 6.16. The van der Waals surface area contributed by atoms with Crippen LogP contribution in [0.5, 0.6) is 5.75 Å². The van der Waals surface area contributed by atoms with Crippen molar-refractivity contribution in [3.63, 3.8) is 0 Å². The molecule has 5 nitrogen and oxygen atoms in total. The standard InChI is InChI=1S/C13H14N2O3S/c1-15(10-11-6-8-14-9-7-11)19(17,18)13-4-2-12(16)3-5-13/h2-9,16H,10H2,1H3. The SMILES string of the molecule is CN(Cc1ccncc1)S(=O)(=O)c1ccc(O)cc1. The van der Waals surface area contributed by atoms with Crippen molar-refractivity contribution in [2.75, 3.05) is 7.05 Å². The van der Waals surface area contributed by atoms with Gasteiger partial charge in [-0.15, -0.1) is 0 Å². The van der Waals surface area contributed by atoms with E-state index in [1.165, 1.54) is 35.6 Å². The lowest BCUT2D eigenvalue weighted by atomic mass is 10.3. The molecule has 100 valence electrons. The van der Waals surface area contributed by atoms with E-state index in [4.69, 9.17) is 0 Å². The number of nitrogens with zero attached hydrogens (tertiary/aromatic N) is 2. The number of pyridine rings is 1. The van der Waals surface area contributed by atoms with Gasteiger partial charge >= 0.3 is 0 Å². The van der Waals surface area contributed by atoms with Crippen LogP contribution in [0.2, 0.25) is 0 Å². The summed E-state index contributed by atoms with van der Waals surface area (Å²) in [4.78, 5) is 4.04. The molecule has 2 rings (SSSR count). The average Bonchev–Trinajstić information content (AvgIpc) is 2.40. The van der Waals surface area contributed by atoms with Gasteiger partial charge in [0, 0.05) is 26.0 Å². The zero-order valence-corrected chi connectivity index (χ0v) is 11.2. The fourth-order valence-corrected chi connectivity index (χ4v) is 2.79. The summed E-state index contributed by atoms with van der Waals surface area (Å²) >= 11 is 0. The predicted molar refractivity (Wildman–Crippen MR) is 71.0 cm³/mol. The fourth-order valence-electron chi connectivity index (χ4n) is 1.63. The maximum Gasteiger partial charge on any atom is 0.243 e. The van der Waals surface area contributed by atoms with Crippen molar-refractivity contribution in [2.24, 2.45) is 0 Å². The Morgan fingerprint density at radius 3 is 2.26 bits per heavy atom. The molecule has 1 N–H and O–H groups in total. The van der Waals surface area contributed by atoms with E-state index < -0.39 is 10.0 Å². The first kappa shape index (κ1) is 13.5. The highest BCUT2D eigenvalue weighted by molar-refractivity contribution is 7.89. The largest absolute Gasteiger partial charge is 0.508 e. The van der Waals surface area contributed by atoms with Gasteiger partial charge in [-0.3, -0.25) is 4.98 Å². The van der Waals surface area contributed by atoms with Gasteiger partial charge in [0.25, 0.3) is 0 Å². The predicted octanol–water partition coefficient (Wildman–Crippen LogP) is 1.61. The van der Waals surface area contributed by atoms with Crippen LogP contribution in [0, 0.1) is 0 Å². The summed E-state index contributed by atoms with van der Waals surface area (Å²) in [6.45, 7) is 0.270. The van der Waals surface area contributed by atoms with Crippen LogP contribution in [0.4, 0.5) is 0 Å². The Bertz CT molecular complexity index is 639. The lowest BCUT2D eigenvalue weighted by Crippen LogP contribution is -2.26. The average molecular weight is 278 g/mol. The molecule has 0 bridgehead atoms. The van der Waals surface area contributed by atoms with Crippen molar-refractivity contribution in [1.82, 2.24) is 9.29 Å². The van der Waals surface area contributed by atoms with Crippen LogP contribution in [-0.4, -0.2) is 29.9 Å². The monoisotopic (exact) mass is 278 g/mol. The summed E-state index contributed by atoms with van der Waals surface area (Å²) in [5, 5.41) is 9.18. The number of aromatic nitrogens is 1. The van der Waals surface area contributed by atoms with E-state index in [1.54, 1.807) is 24.5 Å². The van der Waals surface area contributed by atoms with Gasteiger partial charge in [-0.25, -0.2) is 8.42 Å². The third-order valence-corrected chi connectivity index (χ3v) is 4.52. The summed E-state index contributed by atoms with van der Waals surface area (Å²) in [6.07, 6.45) is 3.24. The first-order chi connectivity index (χ1) is 9.00. The maximum absolute atomic E-state index is 12.3. The van der Waals surface area contributed by atoms with E-state index in [0.717, 1.165) is 5.56 Å². The number of rotatable bonds is 4. The Labute approximate surface area is 112 Å². The molecule has 0 unspecified atom stereocenters. The Balaban J connectivity index is 2.22. The maximum atomic E-state index is 12.3. The zero-order valence-electron chi connectivity index (χ0n) is 10.4. The molecule has 0 fully saturated rings. The molecule has 0 radical (unpaired) electrons. The lowest BCUT2D eigenvalue weighted by Gasteiger charge is -2.17. The quantitative estimate of drug-likeness (QED) is 0.922. The number of sulfonamides is 1. The molecule has 0 aliphatic rings. The van der Waals surface area contributed by atoms with Gasteiger partial charge in [0.2, 0.25) is 10.0 Å². The number of aromatic hydroxyl groups is 1. The number of benzene rings is 1. The fraction of sp³-hybridized carbons (Fsp3) is 0.154. The Kier molecular flexibility index (Phi) is 3.82. The number of phenolic OH excluding ortho intramolecular Hbond substituents is 1. The van der Waals surface area contributed by atoms with Crippen LogP contribution in [-0.2, 0) is 16.6 Å². The number of hydrogen-bond donors (Lipinski definition) is 1. The van der Waals surface area contributed by atoms with Crippen LogP contribution >= 0.6 is 0 Å². The lowest BCUT2D eigenvalue weighted by molar-refractivity contribution is 0.464. The van der Waals surface area contributed by atoms with Crippen LogP contribution in [0.1, 0.15) is 5.56 Å². The van der Waals surface area contributed by atoms with Crippen LogP contribution in [0.25, 0.3) is 0 Å². The summed E-state index contributed by atoms with van der Waals surface area (Å²) < 4.78 is 25.8.